The lowest BCUT2D eigenvalue weighted by molar-refractivity contribution is 0.414. The first-order valence-corrected chi connectivity index (χ1v) is 10.6. The average Bonchev–Trinajstić information content (AvgIpc) is 3.12. The number of nitrogens with one attached hydrogen (secondary N) is 1. The molecule has 0 saturated heterocycles. The second-order valence-electron chi connectivity index (χ2n) is 8.02. The monoisotopic (exact) mass is 444 g/mol. The van der Waals surface area contributed by atoms with E-state index in [0.717, 1.165) is 39.3 Å². The van der Waals surface area contributed by atoms with Crippen molar-refractivity contribution in [3.05, 3.63) is 59.3 Å². The zero-order chi connectivity index (χ0) is 23.5. The quantitative estimate of drug-likeness (QED) is 0.253. The molecule has 0 aliphatic heterocycles. The largest absolute Gasteiger partial charge is 0.497 e. The normalized spacial score (nSPS) is 11.3. The van der Waals surface area contributed by atoms with E-state index in [1.54, 1.807) is 13.4 Å². The van der Waals surface area contributed by atoms with Crippen LogP contribution in [0.3, 0.4) is 0 Å². The number of hydrogen-bond acceptors (Lipinski definition) is 7. The van der Waals surface area contributed by atoms with Crippen molar-refractivity contribution in [1.82, 2.24) is 24.6 Å². The Hall–Kier alpha value is -4.14. The summed E-state index contributed by atoms with van der Waals surface area (Å²) in [5.41, 5.74) is 11.9. The molecule has 2 aromatic carbocycles. The van der Waals surface area contributed by atoms with Gasteiger partial charge in [-0.05, 0) is 55.3 Å². The molecule has 0 spiro atoms. The third-order valence-electron chi connectivity index (χ3n) is 5.14. The summed E-state index contributed by atoms with van der Waals surface area (Å²) in [5, 5.41) is 8.07. The summed E-state index contributed by atoms with van der Waals surface area (Å²) in [6, 6.07) is 13.6. The van der Waals surface area contributed by atoms with E-state index in [9.17, 15) is 0 Å². The lowest BCUT2D eigenvalue weighted by atomic mass is 10.2. The lowest BCUT2D eigenvalue weighted by Gasteiger charge is -2.11. The zero-order valence-corrected chi connectivity index (χ0v) is 19.5. The number of fused-ring (bicyclic) bond motifs is 1. The van der Waals surface area contributed by atoms with Crippen LogP contribution < -0.4 is 15.8 Å². The highest BCUT2D eigenvalue weighted by atomic mass is 16.5. The molecule has 0 bridgehead atoms. The minimum atomic E-state index is 0.487. The molecule has 0 saturated carbocycles. The molecule has 33 heavy (non-hydrogen) atoms. The molecule has 0 radical (unpaired) electrons. The van der Waals surface area contributed by atoms with Gasteiger partial charge in [-0.1, -0.05) is 12.1 Å². The van der Waals surface area contributed by atoms with Gasteiger partial charge in [-0.2, -0.15) is 10.1 Å². The second kappa shape index (κ2) is 9.15. The lowest BCUT2D eigenvalue weighted by Crippen LogP contribution is -2.08. The minimum Gasteiger partial charge on any atom is -0.497 e. The summed E-state index contributed by atoms with van der Waals surface area (Å²) in [6.45, 7) is 4.50. The molecule has 4 aromatic rings. The van der Waals surface area contributed by atoms with Crippen molar-refractivity contribution >= 4 is 34.8 Å². The van der Waals surface area contributed by atoms with Gasteiger partial charge in [0.25, 0.3) is 0 Å². The number of rotatable bonds is 7. The van der Waals surface area contributed by atoms with Gasteiger partial charge in [0.1, 0.15) is 16.8 Å². The summed E-state index contributed by atoms with van der Waals surface area (Å²) in [7, 11) is 5.48. The Morgan fingerprint density at radius 1 is 1.12 bits per heavy atom. The number of nitrogen functional groups attached to an aromatic ring is 1. The maximum absolute atomic E-state index is 5.95. The molecule has 0 aliphatic carbocycles. The molecule has 2 aromatic heterocycles. The SMILES string of the molecule is COc1ccc(CNc2nc(N=CN(C)C)c3c(n2)c(C)nn3-c2ccc(N)cc2C)cc1. The number of benzene rings is 2. The van der Waals surface area contributed by atoms with E-state index >= 15 is 0 Å². The number of aliphatic imine (C=N–C) groups is 1. The van der Waals surface area contributed by atoms with Gasteiger partial charge < -0.3 is 20.7 Å². The number of anilines is 2. The molecular weight excluding hydrogens is 416 g/mol. The van der Waals surface area contributed by atoms with Crippen LogP contribution in [-0.4, -0.2) is 52.2 Å². The van der Waals surface area contributed by atoms with Gasteiger partial charge in [0.15, 0.2) is 5.82 Å². The van der Waals surface area contributed by atoms with Crippen LogP contribution in [0.1, 0.15) is 16.8 Å². The smallest absolute Gasteiger partial charge is 0.225 e. The summed E-state index contributed by atoms with van der Waals surface area (Å²) in [5.74, 6) is 1.83. The zero-order valence-electron chi connectivity index (χ0n) is 19.5. The van der Waals surface area contributed by atoms with Crippen molar-refractivity contribution in [1.29, 1.82) is 0 Å². The molecule has 0 amide bonds. The Balaban J connectivity index is 1.78. The van der Waals surface area contributed by atoms with Crippen LogP contribution in [-0.2, 0) is 6.54 Å². The number of hydrogen-bond donors (Lipinski definition) is 2. The topological polar surface area (TPSA) is 106 Å². The van der Waals surface area contributed by atoms with Crippen LogP contribution in [0.25, 0.3) is 16.7 Å². The number of aryl methyl sites for hydroxylation is 2. The van der Waals surface area contributed by atoms with Gasteiger partial charge in [-0.25, -0.2) is 14.7 Å². The van der Waals surface area contributed by atoms with Gasteiger partial charge in [0, 0.05) is 26.3 Å². The molecule has 3 N–H and O–H groups in total. The Morgan fingerprint density at radius 2 is 1.88 bits per heavy atom. The van der Waals surface area contributed by atoms with Crippen LogP contribution in [0, 0.1) is 13.8 Å². The number of nitrogens with zero attached hydrogens (tertiary/aromatic N) is 6. The number of nitrogens with two attached hydrogens (primary N) is 1. The highest BCUT2D eigenvalue weighted by molar-refractivity contribution is 5.90. The van der Waals surface area contributed by atoms with E-state index in [1.165, 1.54) is 0 Å². The van der Waals surface area contributed by atoms with Gasteiger partial charge in [-0.15, -0.1) is 0 Å². The molecule has 0 aliphatic rings. The average molecular weight is 445 g/mol. The van der Waals surface area contributed by atoms with Crippen molar-refractivity contribution < 1.29 is 4.74 Å². The number of methoxy groups -OCH3 is 1. The van der Waals surface area contributed by atoms with E-state index in [2.05, 4.69) is 10.3 Å². The molecule has 9 nitrogen and oxygen atoms in total. The van der Waals surface area contributed by atoms with Crippen LogP contribution in [0.5, 0.6) is 5.75 Å². The van der Waals surface area contributed by atoms with Crippen molar-refractivity contribution in [2.24, 2.45) is 4.99 Å². The van der Waals surface area contributed by atoms with E-state index in [0.29, 0.717) is 24.0 Å². The molecular formula is C24H28N8O. The van der Waals surface area contributed by atoms with Gasteiger partial charge in [0.05, 0.1) is 24.8 Å². The first-order chi connectivity index (χ1) is 15.9. The fourth-order valence-corrected chi connectivity index (χ4v) is 3.49. The number of aromatic nitrogens is 4. The second-order valence-corrected chi connectivity index (χ2v) is 8.02. The van der Waals surface area contributed by atoms with Crippen LogP contribution in [0.2, 0.25) is 0 Å². The molecule has 0 unspecified atom stereocenters. The Labute approximate surface area is 192 Å². The van der Waals surface area contributed by atoms with Crippen molar-refractivity contribution in [3.63, 3.8) is 0 Å². The van der Waals surface area contributed by atoms with Gasteiger partial charge in [0.2, 0.25) is 5.95 Å². The van der Waals surface area contributed by atoms with Gasteiger partial charge in [-0.3, -0.25) is 0 Å². The molecule has 170 valence electrons. The van der Waals surface area contributed by atoms with E-state index < -0.39 is 0 Å². The summed E-state index contributed by atoms with van der Waals surface area (Å²) >= 11 is 0. The van der Waals surface area contributed by atoms with Crippen molar-refractivity contribution in [3.8, 4) is 11.4 Å². The van der Waals surface area contributed by atoms with Crippen molar-refractivity contribution in [2.45, 2.75) is 20.4 Å². The summed E-state index contributed by atoms with van der Waals surface area (Å²) in [6.07, 6.45) is 1.72. The van der Waals surface area contributed by atoms with Crippen LogP contribution in [0.4, 0.5) is 17.5 Å². The standard InChI is InChI=1S/C24H28N8O/c1-15-12-18(25)8-11-20(15)32-22-21(16(2)30-32)28-24(29-23(22)27-14-31(3)4)26-13-17-6-9-19(33-5)10-7-17/h6-12,14H,13,25H2,1-5H3,(H,26,28,29). The molecule has 9 heteroatoms. The Bertz CT molecular complexity index is 1310. The van der Waals surface area contributed by atoms with E-state index in [1.807, 2.05) is 80.0 Å². The molecule has 0 atom stereocenters. The first kappa shape index (κ1) is 22.1. The molecule has 4 rings (SSSR count). The molecule has 2 heterocycles. The highest BCUT2D eigenvalue weighted by Gasteiger charge is 2.18. The third kappa shape index (κ3) is 4.72. The maximum Gasteiger partial charge on any atom is 0.225 e. The van der Waals surface area contributed by atoms with E-state index in [4.69, 9.17) is 25.5 Å². The third-order valence-corrected chi connectivity index (χ3v) is 5.14. The number of ether oxygens (including phenoxy) is 1. The van der Waals surface area contributed by atoms with Crippen LogP contribution >= 0.6 is 0 Å². The highest BCUT2D eigenvalue weighted by Crippen LogP contribution is 2.30. The predicted molar refractivity (Wildman–Crippen MR) is 133 cm³/mol. The Kier molecular flexibility index (Phi) is 6.12. The maximum atomic E-state index is 5.95. The van der Waals surface area contributed by atoms with E-state index in [-0.39, 0.29) is 0 Å². The minimum absolute atomic E-state index is 0.487. The summed E-state index contributed by atoms with van der Waals surface area (Å²) < 4.78 is 7.07. The fraction of sp³-hybridized carbons (Fsp3) is 0.250. The van der Waals surface area contributed by atoms with Crippen LogP contribution in [0.15, 0.2) is 47.5 Å². The summed E-state index contributed by atoms with van der Waals surface area (Å²) in [4.78, 5) is 16.0. The Morgan fingerprint density at radius 3 is 2.55 bits per heavy atom. The molecule has 0 fully saturated rings. The first-order valence-electron chi connectivity index (χ1n) is 10.6. The fourth-order valence-electron chi connectivity index (χ4n) is 3.49. The van der Waals surface area contributed by atoms with Gasteiger partial charge >= 0.3 is 0 Å². The predicted octanol–water partition coefficient (Wildman–Crippen LogP) is 3.86. The van der Waals surface area contributed by atoms with Crippen molar-refractivity contribution in [2.75, 3.05) is 32.3 Å².